The zero-order valence-corrected chi connectivity index (χ0v) is 10.3. The maximum atomic E-state index is 11.8. The Labute approximate surface area is 104 Å². The lowest BCUT2D eigenvalue weighted by molar-refractivity contribution is -0.143. The number of carboxylic acids is 1. The molecule has 0 spiro atoms. The number of nitrogens with one attached hydrogen (secondary N) is 1. The monoisotopic (exact) mass is 256 g/mol. The second-order valence-electron chi connectivity index (χ2n) is 3.81. The van der Waals surface area contributed by atoms with E-state index >= 15 is 0 Å². The van der Waals surface area contributed by atoms with Crippen LogP contribution in [0, 0.1) is 0 Å². The number of rotatable bonds is 4. The maximum absolute atomic E-state index is 11.8. The van der Waals surface area contributed by atoms with E-state index in [9.17, 15) is 9.59 Å². The average Bonchev–Trinajstić information content (AvgIpc) is 2.29. The molecule has 1 aromatic heterocycles. The van der Waals surface area contributed by atoms with Crippen LogP contribution in [0.25, 0.3) is 0 Å². The van der Waals surface area contributed by atoms with Crippen LogP contribution in [-0.2, 0) is 4.79 Å². The third-order valence-corrected chi connectivity index (χ3v) is 2.75. The summed E-state index contributed by atoms with van der Waals surface area (Å²) in [6.45, 7) is 3.13. The molecule has 0 aliphatic carbocycles. The number of amides is 1. The van der Waals surface area contributed by atoms with Gasteiger partial charge in [0, 0.05) is 6.20 Å². The Morgan fingerprint density at radius 3 is 2.59 bits per heavy atom. The lowest BCUT2D eigenvalue weighted by atomic mass is 9.99. The Hall–Kier alpha value is -1.62. The second-order valence-corrected chi connectivity index (χ2v) is 4.24. The smallest absolute Gasteiger partial charge is 0.329 e. The number of pyridine rings is 1. The van der Waals surface area contributed by atoms with E-state index in [-0.39, 0.29) is 12.1 Å². The van der Waals surface area contributed by atoms with Gasteiger partial charge in [-0.1, -0.05) is 18.5 Å². The number of aromatic nitrogens is 1. The minimum Gasteiger partial charge on any atom is -0.480 e. The summed E-state index contributed by atoms with van der Waals surface area (Å²) in [6, 6.07) is 2.96. The fraction of sp³-hybridized carbons (Fsp3) is 0.364. The predicted octanol–water partition coefficient (Wildman–Crippen LogP) is 1.72. The van der Waals surface area contributed by atoms with E-state index in [2.05, 4.69) is 10.3 Å². The number of carbonyl (C=O) groups is 2. The molecule has 0 aliphatic rings. The second kappa shape index (κ2) is 5.14. The van der Waals surface area contributed by atoms with Crippen molar-refractivity contribution in [1.82, 2.24) is 10.3 Å². The van der Waals surface area contributed by atoms with Gasteiger partial charge in [0.15, 0.2) is 0 Å². The molecule has 1 atom stereocenters. The summed E-state index contributed by atoms with van der Waals surface area (Å²) < 4.78 is 0. The number of carboxylic acid groups (broad SMARTS) is 1. The molecular weight excluding hydrogens is 244 g/mol. The Morgan fingerprint density at radius 2 is 2.18 bits per heavy atom. The summed E-state index contributed by atoms with van der Waals surface area (Å²) >= 11 is 5.64. The van der Waals surface area contributed by atoms with Crippen molar-refractivity contribution in [2.75, 3.05) is 0 Å². The summed E-state index contributed by atoms with van der Waals surface area (Å²) in [4.78, 5) is 26.6. The molecule has 1 rings (SSSR count). The molecule has 0 bridgehead atoms. The molecule has 6 heteroatoms. The molecule has 0 aliphatic heterocycles. The van der Waals surface area contributed by atoms with E-state index in [0.29, 0.717) is 5.02 Å². The van der Waals surface area contributed by atoms with Gasteiger partial charge in [0.1, 0.15) is 11.2 Å². The van der Waals surface area contributed by atoms with Crippen LogP contribution < -0.4 is 5.32 Å². The topological polar surface area (TPSA) is 79.3 Å². The molecule has 92 valence electrons. The number of nitrogens with zero attached hydrogens (tertiary/aromatic N) is 1. The standard InChI is InChI=1S/C11H13ClN2O3/c1-3-11(2,10(16)17)14-9(15)8-5-4-7(12)6-13-8/h4-6H,3H2,1-2H3,(H,14,15)(H,16,17). The van der Waals surface area contributed by atoms with Crippen molar-refractivity contribution in [2.24, 2.45) is 0 Å². The van der Waals surface area contributed by atoms with Crippen molar-refractivity contribution in [3.63, 3.8) is 0 Å². The van der Waals surface area contributed by atoms with Gasteiger partial charge in [0.25, 0.3) is 5.91 Å². The first-order chi connectivity index (χ1) is 7.89. The number of halogens is 1. The van der Waals surface area contributed by atoms with Gasteiger partial charge in [-0.05, 0) is 25.5 Å². The van der Waals surface area contributed by atoms with E-state index in [1.54, 1.807) is 6.92 Å². The van der Waals surface area contributed by atoms with Crippen molar-refractivity contribution in [3.8, 4) is 0 Å². The molecule has 0 radical (unpaired) electrons. The quantitative estimate of drug-likeness (QED) is 0.860. The third-order valence-electron chi connectivity index (χ3n) is 2.53. The van der Waals surface area contributed by atoms with Crippen molar-refractivity contribution >= 4 is 23.5 Å². The molecule has 1 unspecified atom stereocenters. The van der Waals surface area contributed by atoms with Crippen molar-refractivity contribution < 1.29 is 14.7 Å². The molecular formula is C11H13ClN2O3. The number of aliphatic carboxylic acids is 1. The van der Waals surface area contributed by atoms with Gasteiger partial charge < -0.3 is 10.4 Å². The van der Waals surface area contributed by atoms with Crippen LogP contribution in [0.2, 0.25) is 5.02 Å². The van der Waals surface area contributed by atoms with Gasteiger partial charge in [0.05, 0.1) is 5.02 Å². The van der Waals surface area contributed by atoms with Crippen LogP contribution in [0.15, 0.2) is 18.3 Å². The minimum absolute atomic E-state index is 0.135. The van der Waals surface area contributed by atoms with E-state index in [4.69, 9.17) is 16.7 Å². The van der Waals surface area contributed by atoms with Crippen molar-refractivity contribution in [3.05, 3.63) is 29.0 Å². The van der Waals surface area contributed by atoms with Gasteiger partial charge in [-0.3, -0.25) is 4.79 Å². The Kier molecular flexibility index (Phi) is 4.07. The summed E-state index contributed by atoms with van der Waals surface area (Å²) in [5, 5.41) is 11.9. The normalized spacial score (nSPS) is 13.8. The Morgan fingerprint density at radius 1 is 1.53 bits per heavy atom. The highest BCUT2D eigenvalue weighted by atomic mass is 35.5. The first-order valence-corrected chi connectivity index (χ1v) is 5.44. The van der Waals surface area contributed by atoms with E-state index in [1.165, 1.54) is 25.3 Å². The molecule has 1 amide bonds. The van der Waals surface area contributed by atoms with E-state index in [0.717, 1.165) is 0 Å². The van der Waals surface area contributed by atoms with E-state index in [1.807, 2.05) is 0 Å². The minimum atomic E-state index is -1.29. The lowest BCUT2D eigenvalue weighted by Crippen LogP contribution is -2.51. The number of hydrogen-bond acceptors (Lipinski definition) is 3. The van der Waals surface area contributed by atoms with Crippen LogP contribution >= 0.6 is 11.6 Å². The molecule has 5 nitrogen and oxygen atoms in total. The Bertz CT molecular complexity index is 433. The zero-order chi connectivity index (χ0) is 13.1. The predicted molar refractivity (Wildman–Crippen MR) is 63.0 cm³/mol. The van der Waals surface area contributed by atoms with Crippen LogP contribution in [-0.4, -0.2) is 27.5 Å². The lowest BCUT2D eigenvalue weighted by Gasteiger charge is -2.24. The highest BCUT2D eigenvalue weighted by Gasteiger charge is 2.33. The zero-order valence-electron chi connectivity index (χ0n) is 9.53. The fourth-order valence-corrected chi connectivity index (χ4v) is 1.23. The van der Waals surface area contributed by atoms with Gasteiger partial charge in [0.2, 0.25) is 0 Å². The molecule has 1 heterocycles. The summed E-state index contributed by atoms with van der Waals surface area (Å²) in [5.74, 6) is -1.62. The van der Waals surface area contributed by atoms with Crippen LogP contribution in [0.4, 0.5) is 0 Å². The molecule has 0 fully saturated rings. The van der Waals surface area contributed by atoms with Gasteiger partial charge in [-0.2, -0.15) is 0 Å². The molecule has 0 saturated carbocycles. The van der Waals surface area contributed by atoms with Gasteiger partial charge >= 0.3 is 5.97 Å². The summed E-state index contributed by atoms with van der Waals surface area (Å²) in [5.41, 5.74) is -1.16. The Balaban J connectivity index is 2.85. The average molecular weight is 257 g/mol. The van der Waals surface area contributed by atoms with Crippen LogP contribution in [0.1, 0.15) is 30.8 Å². The van der Waals surface area contributed by atoms with E-state index < -0.39 is 17.4 Å². The number of carbonyl (C=O) groups excluding carboxylic acids is 1. The summed E-state index contributed by atoms with van der Waals surface area (Å²) in [6.07, 6.45) is 1.61. The molecule has 2 N–H and O–H groups in total. The third kappa shape index (κ3) is 3.17. The van der Waals surface area contributed by atoms with Crippen molar-refractivity contribution in [2.45, 2.75) is 25.8 Å². The fourth-order valence-electron chi connectivity index (χ4n) is 1.12. The number of hydrogen-bond donors (Lipinski definition) is 2. The highest BCUT2D eigenvalue weighted by Crippen LogP contribution is 2.11. The molecule has 17 heavy (non-hydrogen) atoms. The largest absolute Gasteiger partial charge is 0.480 e. The van der Waals surface area contributed by atoms with Crippen molar-refractivity contribution in [1.29, 1.82) is 0 Å². The molecule has 0 aromatic carbocycles. The summed E-state index contributed by atoms with van der Waals surface area (Å²) in [7, 11) is 0. The first kappa shape index (κ1) is 13.4. The SMILES string of the molecule is CCC(C)(NC(=O)c1ccc(Cl)cn1)C(=O)O. The van der Waals surface area contributed by atoms with Crippen LogP contribution in [0.5, 0.6) is 0 Å². The first-order valence-electron chi connectivity index (χ1n) is 5.06. The van der Waals surface area contributed by atoms with Gasteiger partial charge in [-0.25, -0.2) is 9.78 Å². The maximum Gasteiger partial charge on any atom is 0.329 e. The molecule has 1 aromatic rings. The highest BCUT2D eigenvalue weighted by molar-refractivity contribution is 6.30. The van der Waals surface area contributed by atoms with Crippen LogP contribution in [0.3, 0.4) is 0 Å². The van der Waals surface area contributed by atoms with Gasteiger partial charge in [-0.15, -0.1) is 0 Å². The molecule has 0 saturated heterocycles.